The van der Waals surface area contributed by atoms with E-state index in [1.54, 1.807) is 11.0 Å². The van der Waals surface area contributed by atoms with Crippen LogP contribution >= 0.6 is 0 Å². The Kier molecular flexibility index (Phi) is 9.17. The summed E-state index contributed by atoms with van der Waals surface area (Å²) in [7, 11) is 3.83. The third kappa shape index (κ3) is 6.22. The van der Waals surface area contributed by atoms with Gasteiger partial charge in [0.25, 0.3) is 11.7 Å². The Balaban J connectivity index is 1.77. The first kappa shape index (κ1) is 28.5. The van der Waals surface area contributed by atoms with Crippen molar-refractivity contribution in [2.45, 2.75) is 58.6 Å². The molecule has 2 heterocycles. The number of rotatable bonds is 12. The molecule has 8 nitrogen and oxygen atoms in total. The molecule has 8 heteroatoms. The number of benzene rings is 2. The zero-order valence-corrected chi connectivity index (χ0v) is 23.7. The second-order valence-corrected chi connectivity index (χ2v) is 10.4. The molecule has 39 heavy (non-hydrogen) atoms. The van der Waals surface area contributed by atoms with E-state index in [4.69, 9.17) is 14.2 Å². The number of fused-ring (bicyclic) bond motifs is 1. The van der Waals surface area contributed by atoms with E-state index < -0.39 is 17.7 Å². The van der Waals surface area contributed by atoms with Crippen LogP contribution < -0.4 is 14.2 Å². The fourth-order valence-corrected chi connectivity index (χ4v) is 5.11. The molecule has 0 saturated carbocycles. The highest BCUT2D eigenvalue weighted by molar-refractivity contribution is 6.46. The fraction of sp³-hybridized carbons (Fsp3) is 0.484. The van der Waals surface area contributed by atoms with Crippen molar-refractivity contribution in [3.05, 3.63) is 58.7 Å². The van der Waals surface area contributed by atoms with Crippen molar-refractivity contribution in [1.82, 2.24) is 9.80 Å². The molecular formula is C31H40N2O6. The van der Waals surface area contributed by atoms with E-state index in [1.807, 2.05) is 63.2 Å². The van der Waals surface area contributed by atoms with Gasteiger partial charge in [0.15, 0.2) is 11.5 Å². The third-order valence-electron chi connectivity index (χ3n) is 7.09. The first-order valence-corrected chi connectivity index (χ1v) is 13.9. The number of ketones is 1. The lowest BCUT2D eigenvalue weighted by atomic mass is 9.94. The number of hydrogen-bond donors (Lipinski definition) is 1. The van der Waals surface area contributed by atoms with Crippen LogP contribution in [0.3, 0.4) is 0 Å². The number of aliphatic hydroxyl groups is 1. The molecule has 2 aliphatic rings. The monoisotopic (exact) mass is 536 g/mol. The Morgan fingerprint density at radius 3 is 2.59 bits per heavy atom. The average Bonchev–Trinajstić information content (AvgIpc) is 3.40. The molecule has 1 fully saturated rings. The van der Waals surface area contributed by atoms with Crippen molar-refractivity contribution < 1.29 is 28.9 Å². The maximum absolute atomic E-state index is 13.4. The highest BCUT2D eigenvalue weighted by atomic mass is 16.5. The van der Waals surface area contributed by atoms with Crippen molar-refractivity contribution in [3.63, 3.8) is 0 Å². The first-order valence-electron chi connectivity index (χ1n) is 13.9. The minimum Gasteiger partial charge on any atom is -0.507 e. The summed E-state index contributed by atoms with van der Waals surface area (Å²) in [6.45, 7) is 7.94. The number of Topliss-reactive ketones (excluding diaryl/α,β-unsaturated/α-hetero) is 1. The highest BCUT2D eigenvalue weighted by Crippen LogP contribution is 2.42. The summed E-state index contributed by atoms with van der Waals surface area (Å²) in [4.78, 5) is 30.2. The minimum atomic E-state index is -0.762. The van der Waals surface area contributed by atoms with Crippen LogP contribution in [0.4, 0.5) is 0 Å². The Hall–Kier alpha value is -3.52. The smallest absolute Gasteiger partial charge is 0.295 e. The molecule has 0 aliphatic carbocycles. The Morgan fingerprint density at radius 2 is 1.87 bits per heavy atom. The van der Waals surface area contributed by atoms with Gasteiger partial charge in [0.05, 0.1) is 24.8 Å². The molecule has 2 atom stereocenters. The van der Waals surface area contributed by atoms with Crippen LogP contribution in [0.2, 0.25) is 0 Å². The Bertz CT molecular complexity index is 1240. The topological polar surface area (TPSA) is 88.5 Å². The van der Waals surface area contributed by atoms with E-state index in [-0.39, 0.29) is 17.4 Å². The van der Waals surface area contributed by atoms with Gasteiger partial charge >= 0.3 is 0 Å². The molecule has 0 radical (unpaired) electrons. The van der Waals surface area contributed by atoms with Crippen LogP contribution in [-0.4, -0.2) is 73.1 Å². The molecule has 4 rings (SSSR count). The van der Waals surface area contributed by atoms with Crippen molar-refractivity contribution in [2.75, 3.05) is 40.4 Å². The number of likely N-dealkylation sites (tertiary alicyclic amines) is 1. The minimum absolute atomic E-state index is 0.0497. The molecule has 0 aromatic heterocycles. The lowest BCUT2D eigenvalue weighted by Gasteiger charge is -2.27. The van der Waals surface area contributed by atoms with Crippen molar-refractivity contribution in [3.8, 4) is 17.2 Å². The fourth-order valence-electron chi connectivity index (χ4n) is 5.11. The predicted octanol–water partition coefficient (Wildman–Crippen LogP) is 4.96. The standard InChI is InChI=1S/C31H40N2O6/c1-6-8-9-16-38-25-13-10-21(19-26(25)37-7-2)28-27(30(35)31(36)33(28)15-14-32(4)5)29(34)22-11-12-24-23(18-22)17-20(3)39-24/h10-13,18-20,28,34H,6-9,14-17H2,1-5H3/b29-27-. The van der Waals surface area contributed by atoms with Crippen molar-refractivity contribution >= 4 is 17.4 Å². The summed E-state index contributed by atoms with van der Waals surface area (Å²) in [6, 6.07) is 10.1. The molecule has 210 valence electrons. The summed E-state index contributed by atoms with van der Waals surface area (Å²) in [5.41, 5.74) is 2.21. The lowest BCUT2D eigenvalue weighted by Crippen LogP contribution is -2.35. The van der Waals surface area contributed by atoms with Gasteiger partial charge in [-0.15, -0.1) is 0 Å². The molecule has 1 saturated heterocycles. The van der Waals surface area contributed by atoms with Gasteiger partial charge in [0, 0.05) is 25.1 Å². The van der Waals surface area contributed by atoms with Crippen LogP contribution in [0.1, 0.15) is 62.8 Å². The van der Waals surface area contributed by atoms with E-state index in [0.29, 0.717) is 55.4 Å². The highest BCUT2D eigenvalue weighted by Gasteiger charge is 2.46. The first-order chi connectivity index (χ1) is 18.7. The number of aliphatic hydroxyl groups excluding tert-OH is 1. The second kappa shape index (κ2) is 12.6. The zero-order chi connectivity index (χ0) is 28.1. The molecule has 2 aromatic carbocycles. The van der Waals surface area contributed by atoms with Gasteiger partial charge in [-0.05, 0) is 75.8 Å². The van der Waals surface area contributed by atoms with Crippen molar-refractivity contribution in [1.29, 1.82) is 0 Å². The largest absolute Gasteiger partial charge is 0.507 e. The van der Waals surface area contributed by atoms with Crippen LogP contribution in [0, 0.1) is 0 Å². The Morgan fingerprint density at radius 1 is 1.08 bits per heavy atom. The number of likely N-dealkylation sites (N-methyl/N-ethyl adjacent to an activating group) is 1. The molecule has 0 spiro atoms. The SMILES string of the molecule is CCCCCOc1ccc(C2/C(=C(/O)c3ccc4c(c3)CC(C)O4)C(=O)C(=O)N2CCN(C)C)cc1OCC. The number of hydrogen-bond acceptors (Lipinski definition) is 7. The lowest BCUT2D eigenvalue weighted by molar-refractivity contribution is -0.140. The maximum Gasteiger partial charge on any atom is 0.295 e. The van der Waals surface area contributed by atoms with Gasteiger partial charge in [-0.2, -0.15) is 0 Å². The van der Waals surface area contributed by atoms with Gasteiger partial charge in [0.1, 0.15) is 17.6 Å². The number of carbonyl (C=O) groups excluding carboxylic acids is 2. The van der Waals surface area contributed by atoms with Gasteiger partial charge < -0.3 is 29.1 Å². The number of unbranched alkanes of at least 4 members (excludes halogenated alkanes) is 2. The van der Waals surface area contributed by atoms with Crippen LogP contribution in [0.25, 0.3) is 5.76 Å². The van der Waals surface area contributed by atoms with E-state index in [0.717, 1.165) is 30.6 Å². The predicted molar refractivity (Wildman–Crippen MR) is 150 cm³/mol. The number of ether oxygens (including phenoxy) is 3. The summed E-state index contributed by atoms with van der Waals surface area (Å²) in [5.74, 6) is 0.436. The maximum atomic E-state index is 13.4. The number of carbonyl (C=O) groups is 2. The van der Waals surface area contributed by atoms with Crippen LogP contribution in [0.15, 0.2) is 42.0 Å². The summed E-state index contributed by atoms with van der Waals surface area (Å²) < 4.78 is 17.7. The van der Waals surface area contributed by atoms with Gasteiger partial charge in [-0.1, -0.05) is 25.8 Å². The summed E-state index contributed by atoms with van der Waals surface area (Å²) in [6.07, 6.45) is 3.89. The molecule has 1 N–H and O–H groups in total. The Labute approximate surface area is 231 Å². The van der Waals surface area contributed by atoms with E-state index in [9.17, 15) is 14.7 Å². The number of nitrogens with zero attached hydrogens (tertiary/aromatic N) is 2. The molecule has 2 unspecified atom stereocenters. The van der Waals surface area contributed by atoms with Crippen LogP contribution in [0.5, 0.6) is 17.2 Å². The molecular weight excluding hydrogens is 496 g/mol. The summed E-state index contributed by atoms with van der Waals surface area (Å²) in [5, 5.41) is 11.5. The normalized spacial score (nSPS) is 19.9. The molecule has 1 amide bonds. The second-order valence-electron chi connectivity index (χ2n) is 10.4. The van der Waals surface area contributed by atoms with Crippen molar-refractivity contribution in [2.24, 2.45) is 0 Å². The molecule has 0 bridgehead atoms. The number of amides is 1. The molecule has 2 aliphatic heterocycles. The van der Waals surface area contributed by atoms with Gasteiger partial charge in [0.2, 0.25) is 0 Å². The quantitative estimate of drug-likeness (QED) is 0.178. The van der Waals surface area contributed by atoms with Crippen LogP contribution in [-0.2, 0) is 16.0 Å². The van der Waals surface area contributed by atoms with E-state index in [2.05, 4.69) is 6.92 Å². The average molecular weight is 537 g/mol. The van der Waals surface area contributed by atoms with Gasteiger partial charge in [-0.3, -0.25) is 9.59 Å². The zero-order valence-electron chi connectivity index (χ0n) is 23.7. The third-order valence-corrected chi connectivity index (χ3v) is 7.09. The van der Waals surface area contributed by atoms with E-state index in [1.165, 1.54) is 0 Å². The molecule has 2 aromatic rings. The summed E-state index contributed by atoms with van der Waals surface area (Å²) >= 11 is 0. The van der Waals surface area contributed by atoms with Gasteiger partial charge in [-0.25, -0.2) is 0 Å². The van der Waals surface area contributed by atoms with E-state index >= 15 is 0 Å².